The Kier molecular flexibility index (Phi) is 5.81. The molecule has 2 aromatic carbocycles. The first-order valence-corrected chi connectivity index (χ1v) is 10.2. The number of aryl methyl sites for hydroxylation is 5. The fourth-order valence-corrected chi connectivity index (χ4v) is 4.47. The van der Waals surface area contributed by atoms with Crippen LogP contribution < -0.4 is 0 Å². The molecule has 0 amide bonds. The Morgan fingerprint density at radius 3 is 2.22 bits per heavy atom. The van der Waals surface area contributed by atoms with Gasteiger partial charge in [0.2, 0.25) is 0 Å². The van der Waals surface area contributed by atoms with Gasteiger partial charge in [-0.2, -0.15) is 0 Å². The first-order valence-electron chi connectivity index (χ1n) is 9.41. The maximum absolute atomic E-state index is 12.8. The van der Waals surface area contributed by atoms with E-state index in [2.05, 4.69) is 44.2 Å². The van der Waals surface area contributed by atoms with Crippen LogP contribution in [0.25, 0.3) is 11.1 Å². The van der Waals surface area contributed by atoms with Gasteiger partial charge in [0.05, 0.1) is 4.88 Å². The fraction of sp³-hybridized carbons (Fsp3) is 0.292. The van der Waals surface area contributed by atoms with E-state index in [0.29, 0.717) is 18.6 Å². The number of aromatic hydroxyl groups is 1. The van der Waals surface area contributed by atoms with Gasteiger partial charge in [-0.25, -0.2) is 0 Å². The van der Waals surface area contributed by atoms with Gasteiger partial charge in [-0.05, 0) is 67.5 Å². The normalized spacial score (nSPS) is 11.0. The lowest BCUT2D eigenvalue weighted by atomic mass is 10.00. The first-order chi connectivity index (χ1) is 12.9. The Morgan fingerprint density at radius 1 is 1.00 bits per heavy atom. The van der Waals surface area contributed by atoms with Crippen molar-refractivity contribution in [1.29, 1.82) is 0 Å². The number of ketones is 1. The largest absolute Gasteiger partial charge is 0.507 e. The van der Waals surface area contributed by atoms with Crippen molar-refractivity contribution in [2.24, 2.45) is 0 Å². The highest BCUT2D eigenvalue weighted by Gasteiger charge is 2.15. The third kappa shape index (κ3) is 4.30. The quantitative estimate of drug-likeness (QED) is 0.502. The summed E-state index contributed by atoms with van der Waals surface area (Å²) < 4.78 is 0. The van der Waals surface area contributed by atoms with E-state index in [-0.39, 0.29) is 5.78 Å². The topological polar surface area (TPSA) is 37.3 Å². The van der Waals surface area contributed by atoms with Crippen LogP contribution in [0.2, 0.25) is 0 Å². The van der Waals surface area contributed by atoms with Crippen molar-refractivity contribution < 1.29 is 9.90 Å². The Labute approximate surface area is 165 Å². The number of Topliss-reactive ketones (excluding diaryl/α,β-unsaturated/α-hetero) is 1. The lowest BCUT2D eigenvalue weighted by molar-refractivity contribution is 0.0986. The second-order valence-electron chi connectivity index (χ2n) is 7.17. The van der Waals surface area contributed by atoms with Crippen LogP contribution >= 0.6 is 11.3 Å². The molecule has 0 aliphatic heterocycles. The molecule has 27 heavy (non-hydrogen) atoms. The third-order valence-electron chi connectivity index (χ3n) is 4.96. The van der Waals surface area contributed by atoms with Crippen LogP contribution in [0, 0.1) is 20.8 Å². The number of benzene rings is 2. The zero-order valence-electron chi connectivity index (χ0n) is 16.4. The van der Waals surface area contributed by atoms with E-state index < -0.39 is 0 Å². The lowest BCUT2D eigenvalue weighted by Gasteiger charge is -2.07. The van der Waals surface area contributed by atoms with Gasteiger partial charge in [-0.15, -0.1) is 11.3 Å². The average molecular weight is 379 g/mol. The van der Waals surface area contributed by atoms with E-state index in [9.17, 15) is 9.90 Å². The van der Waals surface area contributed by atoms with Crippen LogP contribution in [0.3, 0.4) is 0 Å². The van der Waals surface area contributed by atoms with E-state index in [4.69, 9.17) is 0 Å². The van der Waals surface area contributed by atoms with Crippen LogP contribution in [0.5, 0.6) is 5.75 Å². The minimum absolute atomic E-state index is 0.191. The van der Waals surface area contributed by atoms with Gasteiger partial charge >= 0.3 is 0 Å². The minimum Gasteiger partial charge on any atom is -0.507 e. The smallest absolute Gasteiger partial charge is 0.173 e. The summed E-state index contributed by atoms with van der Waals surface area (Å²) in [6.45, 7) is 8.02. The van der Waals surface area contributed by atoms with Gasteiger partial charge in [0.15, 0.2) is 5.78 Å². The molecule has 0 unspecified atom stereocenters. The molecule has 0 saturated heterocycles. The molecule has 3 aromatic rings. The lowest BCUT2D eigenvalue weighted by Crippen LogP contribution is -1.99. The third-order valence-corrected chi connectivity index (χ3v) is 6.28. The van der Waals surface area contributed by atoms with Gasteiger partial charge in [0.25, 0.3) is 0 Å². The average Bonchev–Trinajstić information content (AvgIpc) is 3.09. The van der Waals surface area contributed by atoms with Crippen molar-refractivity contribution in [1.82, 2.24) is 0 Å². The van der Waals surface area contributed by atoms with Crippen molar-refractivity contribution in [3.8, 4) is 16.9 Å². The molecule has 0 aliphatic rings. The summed E-state index contributed by atoms with van der Waals surface area (Å²) in [5.41, 5.74) is 6.43. The monoisotopic (exact) mass is 378 g/mol. The maximum Gasteiger partial charge on any atom is 0.173 e. The first kappa shape index (κ1) is 19.4. The summed E-state index contributed by atoms with van der Waals surface area (Å²) in [4.78, 5) is 14.9. The number of carbonyl (C=O) groups is 1. The Balaban J connectivity index is 1.78. The van der Waals surface area contributed by atoms with Gasteiger partial charge in [-0.1, -0.05) is 48.9 Å². The number of rotatable bonds is 6. The molecule has 1 N–H and O–H groups in total. The predicted molar refractivity (Wildman–Crippen MR) is 114 cm³/mol. The van der Waals surface area contributed by atoms with Crippen LogP contribution in [0.4, 0.5) is 0 Å². The van der Waals surface area contributed by atoms with E-state index in [1.54, 1.807) is 11.3 Å². The summed E-state index contributed by atoms with van der Waals surface area (Å²) in [6.07, 6.45) is 2.11. The molecular weight excluding hydrogens is 352 g/mol. The van der Waals surface area contributed by atoms with E-state index >= 15 is 0 Å². The highest BCUT2D eigenvalue weighted by molar-refractivity contribution is 7.14. The Bertz CT molecular complexity index is 942. The van der Waals surface area contributed by atoms with Crippen LogP contribution in [0.1, 0.15) is 50.1 Å². The molecule has 1 heterocycles. The molecule has 0 aliphatic carbocycles. The van der Waals surface area contributed by atoms with Crippen LogP contribution in [-0.2, 0) is 12.8 Å². The number of carbonyl (C=O) groups excluding carboxylic acids is 1. The van der Waals surface area contributed by atoms with E-state index in [0.717, 1.165) is 28.0 Å². The fourth-order valence-electron chi connectivity index (χ4n) is 3.38. The van der Waals surface area contributed by atoms with Crippen molar-refractivity contribution in [3.63, 3.8) is 0 Å². The van der Waals surface area contributed by atoms with Gasteiger partial charge in [0.1, 0.15) is 5.75 Å². The van der Waals surface area contributed by atoms with Gasteiger partial charge < -0.3 is 5.11 Å². The van der Waals surface area contributed by atoms with Gasteiger partial charge in [0, 0.05) is 11.3 Å². The maximum atomic E-state index is 12.8. The molecule has 0 saturated carbocycles. The highest BCUT2D eigenvalue weighted by Crippen LogP contribution is 2.33. The highest BCUT2D eigenvalue weighted by atomic mass is 32.1. The van der Waals surface area contributed by atoms with Crippen molar-refractivity contribution in [2.45, 2.75) is 47.0 Å². The summed E-state index contributed by atoms with van der Waals surface area (Å²) in [6, 6.07) is 14.5. The number of phenolic OH excluding ortho intramolecular Hbond substituents is 1. The number of thiophene rings is 1. The molecule has 0 radical (unpaired) electrons. The van der Waals surface area contributed by atoms with E-state index in [1.807, 2.05) is 26.0 Å². The molecule has 0 fully saturated rings. The van der Waals surface area contributed by atoms with Gasteiger partial charge in [-0.3, -0.25) is 4.79 Å². The summed E-state index contributed by atoms with van der Waals surface area (Å²) >= 11 is 1.62. The predicted octanol–water partition coefficient (Wildman–Crippen LogP) is 6.42. The molecule has 3 rings (SSSR count). The minimum atomic E-state index is 0.191. The number of hydrogen-bond donors (Lipinski definition) is 1. The molecular formula is C24H26O2S. The molecule has 0 bridgehead atoms. The molecule has 3 heteroatoms. The Morgan fingerprint density at radius 2 is 1.63 bits per heavy atom. The van der Waals surface area contributed by atoms with Crippen molar-refractivity contribution in [2.75, 3.05) is 0 Å². The second-order valence-corrected chi connectivity index (χ2v) is 8.31. The zero-order valence-corrected chi connectivity index (χ0v) is 17.2. The van der Waals surface area contributed by atoms with E-state index in [1.165, 1.54) is 21.6 Å². The molecule has 2 nitrogen and oxygen atoms in total. The molecule has 140 valence electrons. The van der Waals surface area contributed by atoms with Crippen molar-refractivity contribution >= 4 is 17.1 Å². The Hall–Kier alpha value is -2.39. The standard InChI is InChI=1S/C24H26O2S/c1-5-22-20(19-9-6-15(2)7-10-19)14-23(27-22)21(25)11-8-18-12-16(3)24(26)17(4)13-18/h6-7,9-10,12-14,26H,5,8,11H2,1-4H3. The molecule has 1 aromatic heterocycles. The zero-order chi connectivity index (χ0) is 19.6. The summed E-state index contributed by atoms with van der Waals surface area (Å²) in [5.74, 6) is 0.537. The van der Waals surface area contributed by atoms with Crippen LogP contribution in [-0.4, -0.2) is 10.9 Å². The number of phenols is 1. The second kappa shape index (κ2) is 8.10. The molecule has 0 spiro atoms. The molecule has 0 atom stereocenters. The number of hydrogen-bond acceptors (Lipinski definition) is 3. The summed E-state index contributed by atoms with van der Waals surface area (Å²) in [5, 5.41) is 9.91. The van der Waals surface area contributed by atoms with Crippen molar-refractivity contribution in [3.05, 3.63) is 74.5 Å². The SMILES string of the molecule is CCc1sc(C(=O)CCc2cc(C)c(O)c(C)c2)cc1-c1ccc(C)cc1. The summed E-state index contributed by atoms with van der Waals surface area (Å²) in [7, 11) is 0. The van der Waals surface area contributed by atoms with Crippen LogP contribution in [0.15, 0.2) is 42.5 Å².